The third-order valence-electron chi connectivity index (χ3n) is 2.74. The number of hydrogen-bond acceptors (Lipinski definition) is 4. The molecule has 0 bridgehead atoms. The molecule has 0 atom stereocenters. The molecule has 2 heterocycles. The van der Waals surface area contributed by atoms with Crippen molar-refractivity contribution in [1.29, 1.82) is 0 Å². The molecule has 0 aliphatic carbocycles. The molecule has 0 radical (unpaired) electrons. The predicted octanol–water partition coefficient (Wildman–Crippen LogP) is 3.25. The fraction of sp³-hybridized carbons (Fsp3) is 0.0769. The molecule has 0 fully saturated rings. The standard InChI is InChI=1S/C13H11N3S/c1-8-3-2-4-9(12(8)14)13-16-10-7-15-6-5-11(10)17-13/h2-7H,14H2,1H3. The summed E-state index contributed by atoms with van der Waals surface area (Å²) in [5, 5.41) is 0.953. The van der Waals surface area contributed by atoms with Gasteiger partial charge in [-0.1, -0.05) is 12.1 Å². The van der Waals surface area contributed by atoms with Gasteiger partial charge in [0.15, 0.2) is 0 Å². The van der Waals surface area contributed by atoms with E-state index in [0.717, 1.165) is 32.0 Å². The van der Waals surface area contributed by atoms with E-state index in [-0.39, 0.29) is 0 Å². The lowest BCUT2D eigenvalue weighted by atomic mass is 10.1. The molecule has 2 N–H and O–H groups in total. The number of para-hydroxylation sites is 1. The van der Waals surface area contributed by atoms with Crippen molar-refractivity contribution in [2.24, 2.45) is 0 Å². The molecule has 0 saturated carbocycles. The first kappa shape index (κ1) is 10.2. The number of fused-ring (bicyclic) bond motifs is 1. The highest BCUT2D eigenvalue weighted by atomic mass is 32.1. The Bertz CT molecular complexity index is 655. The number of rotatable bonds is 1. The summed E-state index contributed by atoms with van der Waals surface area (Å²) in [6.07, 6.45) is 3.56. The maximum Gasteiger partial charge on any atom is 0.126 e. The minimum Gasteiger partial charge on any atom is -0.398 e. The summed E-state index contributed by atoms with van der Waals surface area (Å²) in [6.45, 7) is 2.01. The Hall–Kier alpha value is -1.94. The van der Waals surface area contributed by atoms with Crippen LogP contribution in [0.1, 0.15) is 5.56 Å². The number of benzene rings is 1. The lowest BCUT2D eigenvalue weighted by molar-refractivity contribution is 1.34. The highest BCUT2D eigenvalue weighted by Crippen LogP contribution is 2.33. The monoisotopic (exact) mass is 241 g/mol. The first-order valence-corrected chi connectivity index (χ1v) is 6.13. The molecule has 0 aliphatic rings. The predicted molar refractivity (Wildman–Crippen MR) is 72.0 cm³/mol. The average molecular weight is 241 g/mol. The molecule has 0 amide bonds. The molecule has 0 spiro atoms. The molecule has 4 heteroatoms. The van der Waals surface area contributed by atoms with Gasteiger partial charge in [-0.05, 0) is 24.6 Å². The zero-order chi connectivity index (χ0) is 11.8. The van der Waals surface area contributed by atoms with Gasteiger partial charge in [0.05, 0.1) is 10.9 Å². The highest BCUT2D eigenvalue weighted by Gasteiger charge is 2.09. The van der Waals surface area contributed by atoms with Gasteiger partial charge in [-0.3, -0.25) is 4.98 Å². The summed E-state index contributed by atoms with van der Waals surface area (Å²) in [5.41, 5.74) is 9.91. The summed E-state index contributed by atoms with van der Waals surface area (Å²) in [5.74, 6) is 0. The number of pyridine rings is 1. The van der Waals surface area contributed by atoms with Crippen LogP contribution in [0.15, 0.2) is 36.7 Å². The van der Waals surface area contributed by atoms with Crippen molar-refractivity contribution in [2.45, 2.75) is 6.92 Å². The maximum atomic E-state index is 6.09. The van der Waals surface area contributed by atoms with E-state index < -0.39 is 0 Å². The molecule has 2 aromatic heterocycles. The Kier molecular flexibility index (Phi) is 2.30. The number of anilines is 1. The van der Waals surface area contributed by atoms with Crippen LogP contribution in [0.25, 0.3) is 20.8 Å². The molecule has 1 aromatic carbocycles. The van der Waals surface area contributed by atoms with Crippen LogP contribution in [0.3, 0.4) is 0 Å². The SMILES string of the molecule is Cc1cccc(-c2nc3cnccc3s2)c1N. The van der Waals surface area contributed by atoms with Crippen molar-refractivity contribution in [3.8, 4) is 10.6 Å². The minimum atomic E-state index is 0.805. The fourth-order valence-corrected chi connectivity index (χ4v) is 2.73. The number of hydrogen-bond donors (Lipinski definition) is 1. The fourth-order valence-electron chi connectivity index (χ4n) is 1.76. The molecule has 3 rings (SSSR count). The van der Waals surface area contributed by atoms with E-state index in [2.05, 4.69) is 9.97 Å². The second-order valence-electron chi connectivity index (χ2n) is 3.90. The molecule has 0 aliphatic heterocycles. The highest BCUT2D eigenvalue weighted by molar-refractivity contribution is 7.21. The van der Waals surface area contributed by atoms with E-state index in [9.17, 15) is 0 Å². The molecule has 0 unspecified atom stereocenters. The van der Waals surface area contributed by atoms with E-state index in [0.29, 0.717) is 0 Å². The van der Waals surface area contributed by atoms with Gasteiger partial charge < -0.3 is 5.73 Å². The Morgan fingerprint density at radius 3 is 2.94 bits per heavy atom. The second-order valence-corrected chi connectivity index (χ2v) is 4.93. The van der Waals surface area contributed by atoms with Gasteiger partial charge in [-0.25, -0.2) is 4.98 Å². The van der Waals surface area contributed by atoms with E-state index >= 15 is 0 Å². The maximum absolute atomic E-state index is 6.09. The van der Waals surface area contributed by atoms with Crippen molar-refractivity contribution < 1.29 is 0 Å². The number of aromatic nitrogens is 2. The Labute approximate surface area is 103 Å². The van der Waals surface area contributed by atoms with E-state index in [1.807, 2.05) is 31.2 Å². The second kappa shape index (κ2) is 3.82. The molecular formula is C13H11N3S. The van der Waals surface area contributed by atoms with Crippen molar-refractivity contribution in [1.82, 2.24) is 9.97 Å². The number of nitrogen functional groups attached to an aromatic ring is 1. The topological polar surface area (TPSA) is 51.8 Å². The number of aryl methyl sites for hydroxylation is 1. The first-order valence-electron chi connectivity index (χ1n) is 5.32. The Morgan fingerprint density at radius 2 is 2.12 bits per heavy atom. The molecule has 84 valence electrons. The van der Waals surface area contributed by atoms with Crippen molar-refractivity contribution in [2.75, 3.05) is 5.73 Å². The zero-order valence-corrected chi connectivity index (χ0v) is 10.2. The summed E-state index contributed by atoms with van der Waals surface area (Å²) in [6, 6.07) is 8.00. The summed E-state index contributed by atoms with van der Waals surface area (Å²) >= 11 is 1.64. The van der Waals surface area contributed by atoms with Crippen LogP contribution in [0.2, 0.25) is 0 Å². The third kappa shape index (κ3) is 1.66. The van der Waals surface area contributed by atoms with Crippen LogP contribution in [-0.4, -0.2) is 9.97 Å². The zero-order valence-electron chi connectivity index (χ0n) is 9.34. The summed E-state index contributed by atoms with van der Waals surface area (Å²) < 4.78 is 1.14. The largest absolute Gasteiger partial charge is 0.398 e. The summed E-state index contributed by atoms with van der Waals surface area (Å²) in [4.78, 5) is 8.63. The van der Waals surface area contributed by atoms with Gasteiger partial charge in [0.1, 0.15) is 10.5 Å². The molecule has 0 saturated heterocycles. The lowest BCUT2D eigenvalue weighted by Gasteiger charge is -2.04. The Morgan fingerprint density at radius 1 is 1.24 bits per heavy atom. The van der Waals surface area contributed by atoms with Crippen LogP contribution in [0.4, 0.5) is 5.69 Å². The third-order valence-corrected chi connectivity index (χ3v) is 3.81. The summed E-state index contributed by atoms with van der Waals surface area (Å²) in [7, 11) is 0. The van der Waals surface area contributed by atoms with E-state index in [1.54, 1.807) is 23.7 Å². The Balaban J connectivity index is 2.24. The number of thiazole rings is 1. The normalized spacial score (nSPS) is 10.9. The van der Waals surface area contributed by atoms with Crippen LogP contribution >= 0.6 is 11.3 Å². The van der Waals surface area contributed by atoms with Gasteiger partial charge in [0.25, 0.3) is 0 Å². The van der Waals surface area contributed by atoms with E-state index in [4.69, 9.17) is 5.73 Å². The van der Waals surface area contributed by atoms with Crippen LogP contribution in [0.5, 0.6) is 0 Å². The quantitative estimate of drug-likeness (QED) is 0.665. The van der Waals surface area contributed by atoms with Gasteiger partial charge >= 0.3 is 0 Å². The number of nitrogens with zero attached hydrogens (tertiary/aromatic N) is 2. The molecule has 17 heavy (non-hydrogen) atoms. The van der Waals surface area contributed by atoms with Gasteiger partial charge in [-0.2, -0.15) is 0 Å². The minimum absolute atomic E-state index is 0.805. The first-order chi connectivity index (χ1) is 8.25. The molecule has 3 nitrogen and oxygen atoms in total. The molecule has 3 aromatic rings. The van der Waals surface area contributed by atoms with Crippen molar-refractivity contribution in [3.05, 3.63) is 42.2 Å². The van der Waals surface area contributed by atoms with Crippen molar-refractivity contribution in [3.63, 3.8) is 0 Å². The lowest BCUT2D eigenvalue weighted by Crippen LogP contribution is -1.92. The van der Waals surface area contributed by atoms with Crippen LogP contribution < -0.4 is 5.73 Å². The van der Waals surface area contributed by atoms with E-state index in [1.165, 1.54) is 0 Å². The van der Waals surface area contributed by atoms with Gasteiger partial charge in [-0.15, -0.1) is 11.3 Å². The van der Waals surface area contributed by atoms with Gasteiger partial charge in [0.2, 0.25) is 0 Å². The number of nitrogens with two attached hydrogens (primary N) is 1. The average Bonchev–Trinajstić information content (AvgIpc) is 2.76. The smallest absolute Gasteiger partial charge is 0.126 e. The van der Waals surface area contributed by atoms with Crippen molar-refractivity contribution >= 4 is 27.2 Å². The molecular weight excluding hydrogens is 230 g/mol. The van der Waals surface area contributed by atoms with Crippen LogP contribution in [0, 0.1) is 6.92 Å². The van der Waals surface area contributed by atoms with Crippen LogP contribution in [-0.2, 0) is 0 Å². The van der Waals surface area contributed by atoms with Gasteiger partial charge in [0, 0.05) is 17.4 Å².